The van der Waals surface area contributed by atoms with Crippen LogP contribution in [0, 0.1) is 0 Å². The second-order valence-electron chi connectivity index (χ2n) is 3.37. The molecule has 0 aliphatic rings. The first-order valence-electron chi connectivity index (χ1n) is 4.84. The van der Waals surface area contributed by atoms with Crippen LogP contribution in [-0.4, -0.2) is 20.0 Å². The van der Waals surface area contributed by atoms with E-state index in [0.29, 0.717) is 11.2 Å². The Balaban J connectivity index is 2.43. The fraction of sp³-hybridized carbons (Fsp3) is 0. The SMILES string of the molecule is O=c1[nH]nc(-n2cccn2)c2ccccc12. The quantitative estimate of drug-likeness (QED) is 0.657. The molecule has 0 aliphatic carbocycles. The van der Waals surface area contributed by atoms with E-state index in [9.17, 15) is 4.79 Å². The van der Waals surface area contributed by atoms with Gasteiger partial charge in [-0.25, -0.2) is 9.78 Å². The lowest BCUT2D eigenvalue weighted by molar-refractivity contribution is 0.819. The van der Waals surface area contributed by atoms with Crippen molar-refractivity contribution < 1.29 is 0 Å². The number of rotatable bonds is 1. The lowest BCUT2D eigenvalue weighted by Gasteiger charge is -2.03. The highest BCUT2D eigenvalue weighted by atomic mass is 16.1. The highest BCUT2D eigenvalue weighted by molar-refractivity contribution is 5.87. The van der Waals surface area contributed by atoms with Gasteiger partial charge in [0.05, 0.1) is 5.39 Å². The average Bonchev–Trinajstić information content (AvgIpc) is 2.83. The maximum Gasteiger partial charge on any atom is 0.272 e. The zero-order chi connectivity index (χ0) is 11.0. The van der Waals surface area contributed by atoms with E-state index >= 15 is 0 Å². The van der Waals surface area contributed by atoms with E-state index in [1.807, 2.05) is 24.3 Å². The molecule has 0 amide bonds. The third-order valence-corrected chi connectivity index (χ3v) is 2.40. The number of aromatic amines is 1. The number of H-pyrrole nitrogens is 1. The number of hydrogen-bond acceptors (Lipinski definition) is 3. The average molecular weight is 212 g/mol. The van der Waals surface area contributed by atoms with Gasteiger partial charge < -0.3 is 0 Å². The molecule has 0 saturated heterocycles. The molecule has 0 fully saturated rings. The van der Waals surface area contributed by atoms with E-state index in [2.05, 4.69) is 15.3 Å². The van der Waals surface area contributed by atoms with Crippen molar-refractivity contribution in [3.63, 3.8) is 0 Å². The van der Waals surface area contributed by atoms with Crippen LogP contribution in [0.4, 0.5) is 0 Å². The molecule has 3 aromatic rings. The van der Waals surface area contributed by atoms with Crippen LogP contribution in [0.15, 0.2) is 47.5 Å². The molecule has 5 heteroatoms. The number of nitrogens with one attached hydrogen (secondary N) is 1. The third-order valence-electron chi connectivity index (χ3n) is 2.40. The zero-order valence-electron chi connectivity index (χ0n) is 8.29. The van der Waals surface area contributed by atoms with Crippen LogP contribution in [-0.2, 0) is 0 Å². The van der Waals surface area contributed by atoms with Crippen molar-refractivity contribution in [2.45, 2.75) is 0 Å². The topological polar surface area (TPSA) is 63.6 Å². The molecule has 0 bridgehead atoms. The Morgan fingerprint density at radius 2 is 1.94 bits per heavy atom. The number of aromatic nitrogens is 4. The Bertz CT molecular complexity index is 685. The van der Waals surface area contributed by atoms with Gasteiger partial charge in [-0.3, -0.25) is 4.79 Å². The predicted octanol–water partition coefficient (Wildman–Crippen LogP) is 1.11. The minimum atomic E-state index is -0.188. The van der Waals surface area contributed by atoms with Gasteiger partial charge in [-0.05, 0) is 12.1 Å². The van der Waals surface area contributed by atoms with Gasteiger partial charge in [-0.15, -0.1) is 0 Å². The van der Waals surface area contributed by atoms with Crippen LogP contribution < -0.4 is 5.56 Å². The van der Waals surface area contributed by atoms with Crippen molar-refractivity contribution in [2.75, 3.05) is 0 Å². The second kappa shape index (κ2) is 3.30. The zero-order valence-corrected chi connectivity index (χ0v) is 8.29. The van der Waals surface area contributed by atoms with Crippen LogP contribution in [0.1, 0.15) is 0 Å². The van der Waals surface area contributed by atoms with Crippen LogP contribution >= 0.6 is 0 Å². The van der Waals surface area contributed by atoms with Gasteiger partial charge in [0.1, 0.15) is 0 Å². The van der Waals surface area contributed by atoms with Crippen molar-refractivity contribution in [1.29, 1.82) is 0 Å². The number of fused-ring (bicyclic) bond motifs is 1. The Kier molecular flexibility index (Phi) is 1.83. The molecular weight excluding hydrogens is 204 g/mol. The first kappa shape index (κ1) is 8.84. The van der Waals surface area contributed by atoms with Gasteiger partial charge in [0.2, 0.25) is 0 Å². The lowest BCUT2D eigenvalue weighted by Crippen LogP contribution is -2.12. The fourth-order valence-electron chi connectivity index (χ4n) is 1.67. The maximum absolute atomic E-state index is 11.6. The van der Waals surface area contributed by atoms with Crippen molar-refractivity contribution in [3.8, 4) is 5.82 Å². The van der Waals surface area contributed by atoms with Gasteiger partial charge in [0, 0.05) is 17.8 Å². The molecule has 0 spiro atoms. The van der Waals surface area contributed by atoms with E-state index in [4.69, 9.17) is 0 Å². The summed E-state index contributed by atoms with van der Waals surface area (Å²) in [5.41, 5.74) is -0.188. The molecule has 0 radical (unpaired) electrons. The molecule has 3 rings (SSSR count). The molecule has 0 unspecified atom stereocenters. The Morgan fingerprint density at radius 3 is 2.69 bits per heavy atom. The molecule has 16 heavy (non-hydrogen) atoms. The largest absolute Gasteiger partial charge is 0.272 e. The molecule has 2 aromatic heterocycles. The summed E-state index contributed by atoms with van der Waals surface area (Å²) in [5.74, 6) is 0.625. The fourth-order valence-corrected chi connectivity index (χ4v) is 1.67. The summed E-state index contributed by atoms with van der Waals surface area (Å²) < 4.78 is 1.62. The van der Waals surface area contributed by atoms with E-state index in [1.165, 1.54) is 0 Å². The van der Waals surface area contributed by atoms with Crippen molar-refractivity contribution >= 4 is 10.8 Å². The smallest absolute Gasteiger partial charge is 0.267 e. The summed E-state index contributed by atoms with van der Waals surface area (Å²) in [4.78, 5) is 11.6. The molecule has 0 aliphatic heterocycles. The molecule has 1 N–H and O–H groups in total. The second-order valence-corrected chi connectivity index (χ2v) is 3.37. The standard InChI is InChI=1S/C11H8N4O/c16-11-9-5-2-1-4-8(9)10(13-14-11)15-7-3-6-12-15/h1-7H,(H,14,16). The number of nitrogens with zero attached hydrogens (tertiary/aromatic N) is 3. The Labute approximate surface area is 90.3 Å². The van der Waals surface area contributed by atoms with E-state index in [1.54, 1.807) is 23.1 Å². The van der Waals surface area contributed by atoms with Gasteiger partial charge in [0.15, 0.2) is 5.82 Å². The van der Waals surface area contributed by atoms with Crippen LogP contribution in [0.5, 0.6) is 0 Å². The minimum absolute atomic E-state index is 0.188. The molecule has 1 aromatic carbocycles. The maximum atomic E-state index is 11.6. The van der Waals surface area contributed by atoms with Crippen LogP contribution in [0.25, 0.3) is 16.6 Å². The minimum Gasteiger partial charge on any atom is -0.267 e. The van der Waals surface area contributed by atoms with Gasteiger partial charge >= 0.3 is 0 Å². The molecule has 0 atom stereocenters. The van der Waals surface area contributed by atoms with Crippen LogP contribution in [0.3, 0.4) is 0 Å². The third kappa shape index (κ3) is 1.22. The van der Waals surface area contributed by atoms with Crippen molar-refractivity contribution in [1.82, 2.24) is 20.0 Å². The van der Waals surface area contributed by atoms with Gasteiger partial charge in [-0.2, -0.15) is 10.2 Å². The lowest BCUT2D eigenvalue weighted by atomic mass is 10.2. The summed E-state index contributed by atoms with van der Waals surface area (Å²) in [7, 11) is 0. The summed E-state index contributed by atoms with van der Waals surface area (Å²) in [6, 6.07) is 9.12. The monoisotopic (exact) mass is 212 g/mol. The molecule has 5 nitrogen and oxygen atoms in total. The Hall–Kier alpha value is -2.43. The summed E-state index contributed by atoms with van der Waals surface area (Å²) in [5, 5.41) is 12.0. The molecule has 0 saturated carbocycles. The van der Waals surface area contributed by atoms with Crippen molar-refractivity contribution in [2.24, 2.45) is 0 Å². The van der Waals surface area contributed by atoms with E-state index in [0.717, 1.165) is 5.39 Å². The summed E-state index contributed by atoms with van der Waals surface area (Å²) >= 11 is 0. The van der Waals surface area contributed by atoms with Crippen LogP contribution in [0.2, 0.25) is 0 Å². The van der Waals surface area contributed by atoms with E-state index in [-0.39, 0.29) is 5.56 Å². The normalized spacial score (nSPS) is 10.8. The summed E-state index contributed by atoms with van der Waals surface area (Å²) in [6.45, 7) is 0. The predicted molar refractivity (Wildman–Crippen MR) is 59.5 cm³/mol. The highest BCUT2D eigenvalue weighted by Gasteiger charge is 2.06. The van der Waals surface area contributed by atoms with Gasteiger partial charge in [-0.1, -0.05) is 18.2 Å². The first-order valence-corrected chi connectivity index (χ1v) is 4.84. The molecule has 78 valence electrons. The van der Waals surface area contributed by atoms with E-state index < -0.39 is 0 Å². The van der Waals surface area contributed by atoms with Gasteiger partial charge in [0.25, 0.3) is 5.56 Å². The molecule has 2 heterocycles. The first-order chi connectivity index (χ1) is 7.86. The Morgan fingerprint density at radius 1 is 1.12 bits per heavy atom. The number of hydrogen-bond donors (Lipinski definition) is 1. The highest BCUT2D eigenvalue weighted by Crippen LogP contribution is 2.14. The number of benzene rings is 1. The summed E-state index contributed by atoms with van der Waals surface area (Å²) in [6.07, 6.45) is 3.45. The molecular formula is C11H8N4O. The van der Waals surface area contributed by atoms with Crippen molar-refractivity contribution in [3.05, 3.63) is 53.1 Å².